The standard InChI is InChI=1S/C16H32N2O/c1-13(2)17-11-15-6-7-16(19-15)12-18-9-4-5-14(3)8-10-18/h13-17H,4-12H2,1-3H3. The van der Waals surface area contributed by atoms with Crippen LogP contribution < -0.4 is 5.32 Å². The number of likely N-dealkylation sites (tertiary alicyclic amines) is 1. The highest BCUT2D eigenvalue weighted by Gasteiger charge is 2.27. The second kappa shape index (κ2) is 7.61. The molecule has 1 N–H and O–H groups in total. The van der Waals surface area contributed by atoms with E-state index in [2.05, 4.69) is 31.0 Å². The zero-order valence-corrected chi connectivity index (χ0v) is 13.0. The van der Waals surface area contributed by atoms with Crippen molar-refractivity contribution in [2.75, 3.05) is 26.2 Å². The molecule has 3 atom stereocenters. The van der Waals surface area contributed by atoms with Gasteiger partial charge >= 0.3 is 0 Å². The maximum Gasteiger partial charge on any atom is 0.0707 e. The molecule has 2 heterocycles. The van der Waals surface area contributed by atoms with Gasteiger partial charge in [-0.1, -0.05) is 20.8 Å². The van der Waals surface area contributed by atoms with Crippen LogP contribution in [-0.4, -0.2) is 49.3 Å². The second-order valence-electron chi connectivity index (χ2n) is 6.86. The third-order valence-electron chi connectivity index (χ3n) is 4.52. The molecule has 0 saturated carbocycles. The van der Waals surface area contributed by atoms with Crippen LogP contribution >= 0.6 is 0 Å². The average molecular weight is 268 g/mol. The van der Waals surface area contributed by atoms with E-state index in [-0.39, 0.29) is 0 Å². The van der Waals surface area contributed by atoms with Crippen LogP contribution in [0.3, 0.4) is 0 Å². The van der Waals surface area contributed by atoms with E-state index < -0.39 is 0 Å². The molecule has 0 radical (unpaired) electrons. The monoisotopic (exact) mass is 268 g/mol. The zero-order valence-electron chi connectivity index (χ0n) is 13.0. The largest absolute Gasteiger partial charge is 0.372 e. The van der Waals surface area contributed by atoms with Gasteiger partial charge in [-0.15, -0.1) is 0 Å². The van der Waals surface area contributed by atoms with Gasteiger partial charge in [0.15, 0.2) is 0 Å². The van der Waals surface area contributed by atoms with Crippen LogP contribution in [-0.2, 0) is 4.74 Å². The van der Waals surface area contributed by atoms with E-state index in [1.807, 2.05) is 0 Å². The Balaban J connectivity index is 1.66. The Labute approximate surface area is 119 Å². The Hall–Kier alpha value is -0.120. The number of rotatable bonds is 5. The van der Waals surface area contributed by atoms with E-state index in [4.69, 9.17) is 4.74 Å². The van der Waals surface area contributed by atoms with Crippen molar-refractivity contribution in [3.63, 3.8) is 0 Å². The van der Waals surface area contributed by atoms with Crippen molar-refractivity contribution < 1.29 is 4.74 Å². The van der Waals surface area contributed by atoms with Crippen molar-refractivity contribution in [3.05, 3.63) is 0 Å². The molecule has 3 nitrogen and oxygen atoms in total. The van der Waals surface area contributed by atoms with E-state index in [1.165, 1.54) is 45.2 Å². The molecule has 112 valence electrons. The van der Waals surface area contributed by atoms with Crippen molar-refractivity contribution in [2.24, 2.45) is 5.92 Å². The fourth-order valence-corrected chi connectivity index (χ4v) is 3.22. The Morgan fingerprint density at radius 1 is 1.11 bits per heavy atom. The Bertz CT molecular complexity index is 257. The van der Waals surface area contributed by atoms with Crippen LogP contribution in [0.5, 0.6) is 0 Å². The molecule has 0 aromatic heterocycles. The summed E-state index contributed by atoms with van der Waals surface area (Å²) in [6, 6.07) is 0.565. The van der Waals surface area contributed by atoms with Crippen molar-refractivity contribution in [1.29, 1.82) is 0 Å². The van der Waals surface area contributed by atoms with Gasteiger partial charge in [0.25, 0.3) is 0 Å². The Morgan fingerprint density at radius 3 is 2.68 bits per heavy atom. The lowest BCUT2D eigenvalue weighted by Gasteiger charge is -2.24. The van der Waals surface area contributed by atoms with Gasteiger partial charge in [0.1, 0.15) is 0 Å². The summed E-state index contributed by atoms with van der Waals surface area (Å²) < 4.78 is 6.18. The summed E-state index contributed by atoms with van der Waals surface area (Å²) in [5.74, 6) is 0.914. The molecule has 2 aliphatic rings. The lowest BCUT2D eigenvalue weighted by molar-refractivity contribution is 0.0231. The molecule has 0 amide bonds. The van der Waals surface area contributed by atoms with E-state index in [9.17, 15) is 0 Å². The minimum atomic E-state index is 0.443. The van der Waals surface area contributed by atoms with Crippen molar-refractivity contribution in [2.45, 2.75) is 71.1 Å². The molecular weight excluding hydrogens is 236 g/mol. The van der Waals surface area contributed by atoms with Crippen LogP contribution in [0.4, 0.5) is 0 Å². The van der Waals surface area contributed by atoms with Crippen molar-refractivity contribution in [3.8, 4) is 0 Å². The molecule has 3 heteroatoms. The fraction of sp³-hybridized carbons (Fsp3) is 1.00. The average Bonchev–Trinajstić information content (AvgIpc) is 2.71. The van der Waals surface area contributed by atoms with E-state index in [0.29, 0.717) is 18.2 Å². The second-order valence-corrected chi connectivity index (χ2v) is 6.86. The minimum Gasteiger partial charge on any atom is -0.372 e. The number of ether oxygens (including phenoxy) is 1. The number of hydrogen-bond donors (Lipinski definition) is 1. The molecule has 2 rings (SSSR count). The summed E-state index contributed by atoms with van der Waals surface area (Å²) in [5, 5.41) is 3.49. The van der Waals surface area contributed by atoms with Gasteiger partial charge in [-0.2, -0.15) is 0 Å². The normalized spacial score (nSPS) is 33.8. The zero-order chi connectivity index (χ0) is 13.7. The molecule has 0 aliphatic carbocycles. The Morgan fingerprint density at radius 2 is 1.89 bits per heavy atom. The van der Waals surface area contributed by atoms with Crippen LogP contribution in [0.15, 0.2) is 0 Å². The lowest BCUT2D eigenvalue weighted by Crippen LogP contribution is -2.35. The van der Waals surface area contributed by atoms with Crippen LogP contribution in [0.25, 0.3) is 0 Å². The summed E-state index contributed by atoms with van der Waals surface area (Å²) in [5.41, 5.74) is 0. The first-order chi connectivity index (χ1) is 9.13. The van der Waals surface area contributed by atoms with Crippen LogP contribution in [0.1, 0.15) is 52.9 Å². The van der Waals surface area contributed by atoms with Crippen molar-refractivity contribution >= 4 is 0 Å². The topological polar surface area (TPSA) is 24.5 Å². The summed E-state index contributed by atoms with van der Waals surface area (Å²) in [7, 11) is 0. The number of hydrogen-bond acceptors (Lipinski definition) is 3. The van der Waals surface area contributed by atoms with Crippen LogP contribution in [0.2, 0.25) is 0 Å². The lowest BCUT2D eigenvalue weighted by atomic mass is 10.0. The fourth-order valence-electron chi connectivity index (χ4n) is 3.22. The van der Waals surface area contributed by atoms with Gasteiger partial charge in [0.05, 0.1) is 12.2 Å². The summed E-state index contributed by atoms with van der Waals surface area (Å²) in [4.78, 5) is 2.63. The first kappa shape index (κ1) is 15.3. The quantitative estimate of drug-likeness (QED) is 0.829. The highest BCUT2D eigenvalue weighted by molar-refractivity contribution is 4.79. The molecule has 2 fully saturated rings. The molecule has 0 bridgehead atoms. The smallest absolute Gasteiger partial charge is 0.0707 e. The predicted octanol–water partition coefficient (Wildman–Crippen LogP) is 2.65. The van der Waals surface area contributed by atoms with Gasteiger partial charge in [0, 0.05) is 19.1 Å². The van der Waals surface area contributed by atoms with E-state index in [0.717, 1.165) is 19.0 Å². The van der Waals surface area contributed by atoms with Gasteiger partial charge in [0.2, 0.25) is 0 Å². The number of nitrogens with zero attached hydrogens (tertiary/aromatic N) is 1. The molecule has 2 saturated heterocycles. The van der Waals surface area contributed by atoms with Crippen molar-refractivity contribution in [1.82, 2.24) is 10.2 Å². The minimum absolute atomic E-state index is 0.443. The molecule has 0 aromatic rings. The van der Waals surface area contributed by atoms with Gasteiger partial charge in [-0.05, 0) is 51.1 Å². The first-order valence-electron chi connectivity index (χ1n) is 8.24. The van der Waals surface area contributed by atoms with E-state index in [1.54, 1.807) is 0 Å². The summed E-state index contributed by atoms with van der Waals surface area (Å²) >= 11 is 0. The summed E-state index contributed by atoms with van der Waals surface area (Å²) in [6.45, 7) is 11.5. The van der Waals surface area contributed by atoms with Gasteiger partial charge in [-0.3, -0.25) is 0 Å². The SMILES string of the molecule is CC1CCCN(CC2CCC(CNC(C)C)O2)CC1. The van der Waals surface area contributed by atoms with Gasteiger partial charge in [-0.25, -0.2) is 0 Å². The third-order valence-corrected chi connectivity index (χ3v) is 4.52. The first-order valence-corrected chi connectivity index (χ1v) is 8.24. The molecular formula is C16H32N2O. The van der Waals surface area contributed by atoms with E-state index >= 15 is 0 Å². The maximum atomic E-state index is 6.18. The number of nitrogens with one attached hydrogen (secondary N) is 1. The third kappa shape index (κ3) is 5.41. The molecule has 19 heavy (non-hydrogen) atoms. The van der Waals surface area contributed by atoms with Gasteiger partial charge < -0.3 is 15.0 Å². The Kier molecular flexibility index (Phi) is 6.11. The highest BCUT2D eigenvalue weighted by Crippen LogP contribution is 2.22. The molecule has 3 unspecified atom stereocenters. The van der Waals surface area contributed by atoms with Crippen LogP contribution in [0, 0.1) is 5.92 Å². The summed E-state index contributed by atoms with van der Waals surface area (Å²) in [6.07, 6.45) is 7.54. The molecule has 0 spiro atoms. The maximum absolute atomic E-state index is 6.18. The predicted molar refractivity (Wildman–Crippen MR) is 80.5 cm³/mol. The highest BCUT2D eigenvalue weighted by atomic mass is 16.5. The molecule has 2 aliphatic heterocycles. The molecule has 0 aromatic carbocycles.